The van der Waals surface area contributed by atoms with Crippen molar-refractivity contribution in [3.05, 3.63) is 70.8 Å². The lowest BCUT2D eigenvalue weighted by molar-refractivity contribution is 0.397. The monoisotopic (exact) mass is 605 g/mol. The highest BCUT2D eigenvalue weighted by atomic mass is 15.4. The van der Waals surface area contributed by atoms with Crippen molar-refractivity contribution >= 4 is 11.0 Å². The Morgan fingerprint density at radius 3 is 1.62 bits per heavy atom. The molecule has 45 heavy (non-hydrogen) atoms. The lowest BCUT2D eigenvalue weighted by Crippen LogP contribution is -2.25. The van der Waals surface area contributed by atoms with Gasteiger partial charge in [0.05, 0.1) is 0 Å². The van der Waals surface area contributed by atoms with E-state index in [0.717, 1.165) is 11.0 Å². The van der Waals surface area contributed by atoms with Crippen LogP contribution in [-0.2, 0) is 12.5 Å². The van der Waals surface area contributed by atoms with Gasteiger partial charge in [-0.15, -0.1) is 0 Å². The number of nitrogens with zero attached hydrogens (tertiary/aromatic N) is 3. The molecule has 3 heteroatoms. The van der Waals surface area contributed by atoms with E-state index in [4.69, 9.17) is 10.2 Å². The van der Waals surface area contributed by atoms with Gasteiger partial charge in [-0.05, 0) is 66.1 Å². The molecule has 3 nitrogen and oxygen atoms in total. The average Bonchev–Trinajstić information content (AvgIpc) is 3.56. The van der Waals surface area contributed by atoms with Crippen LogP contribution in [0.25, 0.3) is 33.3 Å². The topological polar surface area (TPSA) is 30.7 Å². The van der Waals surface area contributed by atoms with Crippen LogP contribution in [0.3, 0.4) is 0 Å². The number of hydrogen-bond donors (Lipinski definition) is 0. The van der Waals surface area contributed by atoms with Crippen molar-refractivity contribution in [3.63, 3.8) is 0 Å². The summed E-state index contributed by atoms with van der Waals surface area (Å²) in [6.07, 6.45) is 24.4. The molecule has 0 fully saturated rings. The second-order valence-corrected chi connectivity index (χ2v) is 14.2. The van der Waals surface area contributed by atoms with Crippen molar-refractivity contribution in [2.75, 3.05) is 0 Å². The summed E-state index contributed by atoms with van der Waals surface area (Å²) < 4.78 is 0. The summed E-state index contributed by atoms with van der Waals surface area (Å²) in [4.78, 5) is 1.72. The van der Waals surface area contributed by atoms with Gasteiger partial charge >= 0.3 is 0 Å². The molecule has 242 valence electrons. The molecule has 0 bridgehead atoms. The van der Waals surface area contributed by atoms with E-state index in [1.165, 1.54) is 149 Å². The van der Waals surface area contributed by atoms with Gasteiger partial charge in [-0.2, -0.15) is 15.0 Å². The molecule has 1 aromatic heterocycles. The summed E-state index contributed by atoms with van der Waals surface area (Å²) in [5.41, 5.74) is 13.2. The molecule has 0 unspecified atom stereocenters. The maximum Gasteiger partial charge on any atom is 0.121 e. The van der Waals surface area contributed by atoms with E-state index < -0.39 is 0 Å². The molecule has 5 rings (SSSR count). The number of hydrogen-bond acceptors (Lipinski definition) is 2. The van der Waals surface area contributed by atoms with Gasteiger partial charge in [0.15, 0.2) is 0 Å². The lowest BCUT2D eigenvalue weighted by atomic mass is 9.70. The third kappa shape index (κ3) is 7.72. The van der Waals surface area contributed by atoms with E-state index >= 15 is 0 Å². The number of fused-ring (bicyclic) bond motifs is 4. The highest BCUT2D eigenvalue weighted by Crippen LogP contribution is 2.55. The Morgan fingerprint density at radius 1 is 0.533 bits per heavy atom. The molecule has 3 aromatic carbocycles. The van der Waals surface area contributed by atoms with E-state index in [2.05, 4.69) is 76.2 Å². The Balaban J connectivity index is 1.46. The highest BCUT2D eigenvalue weighted by molar-refractivity contribution is 5.94. The van der Waals surface area contributed by atoms with E-state index in [-0.39, 0.29) is 5.41 Å². The van der Waals surface area contributed by atoms with Crippen LogP contribution in [0.2, 0.25) is 0 Å². The summed E-state index contributed by atoms with van der Waals surface area (Å²) in [6.45, 7) is 9.04. The molecule has 0 N–H and O–H groups in total. The molecule has 1 heterocycles. The quantitative estimate of drug-likeness (QED) is 0.0995. The third-order valence-electron chi connectivity index (χ3n) is 10.6. The van der Waals surface area contributed by atoms with Gasteiger partial charge < -0.3 is 0 Å². The molecule has 0 saturated heterocycles. The smallest absolute Gasteiger partial charge is 0.121 e. The van der Waals surface area contributed by atoms with Gasteiger partial charge in [0.2, 0.25) is 0 Å². The summed E-state index contributed by atoms with van der Waals surface area (Å²) in [5.74, 6) is 0. The fraction of sp³-hybridized carbons (Fsp3) is 0.571. The van der Waals surface area contributed by atoms with Crippen LogP contribution in [0.5, 0.6) is 0 Å². The van der Waals surface area contributed by atoms with Crippen molar-refractivity contribution < 1.29 is 0 Å². The first-order valence-corrected chi connectivity index (χ1v) is 18.6. The Morgan fingerprint density at radius 2 is 1.02 bits per heavy atom. The minimum Gasteiger partial charge on any atom is -0.187 e. The number of unbranched alkanes of at least 4 members (excludes halogenated alkanes) is 14. The number of benzene rings is 3. The van der Waals surface area contributed by atoms with E-state index in [1.54, 1.807) is 15.9 Å². The van der Waals surface area contributed by atoms with Crippen LogP contribution in [0, 0.1) is 13.8 Å². The van der Waals surface area contributed by atoms with E-state index in [0.29, 0.717) is 0 Å². The van der Waals surface area contributed by atoms with Crippen molar-refractivity contribution in [3.8, 4) is 22.3 Å². The maximum absolute atomic E-state index is 4.83. The SMILES string of the molecule is CCCCCCCCCCC1(CCCCCCCCCC)c2cc(C)ccc2-c2ccc(-c3ccc(C)c4nn(C)nc34)cc21. The first-order valence-electron chi connectivity index (χ1n) is 18.6. The Bertz CT molecular complexity index is 1510. The largest absolute Gasteiger partial charge is 0.187 e. The third-order valence-corrected chi connectivity index (χ3v) is 10.6. The van der Waals surface area contributed by atoms with Crippen molar-refractivity contribution in [1.82, 2.24) is 15.0 Å². The standard InChI is InChI=1S/C42H59N3/c1-6-8-10-12-14-16-18-20-28-42(29-21-19-17-15-13-11-9-7-2)38-30-32(3)22-25-36(38)37-27-24-34(31-39(37)42)35-26-23-33(4)40-41(35)44-45(5)43-40/h22-27,30-31H,6-21,28-29H2,1-5H3. The molecule has 0 atom stereocenters. The molecule has 0 aliphatic heterocycles. The fourth-order valence-corrected chi connectivity index (χ4v) is 8.01. The molecule has 0 amide bonds. The van der Waals surface area contributed by atoms with Gasteiger partial charge in [0.1, 0.15) is 11.0 Å². The van der Waals surface area contributed by atoms with Crippen LogP contribution in [0.15, 0.2) is 48.5 Å². The van der Waals surface area contributed by atoms with Crippen LogP contribution < -0.4 is 0 Å². The predicted molar refractivity (Wildman–Crippen MR) is 194 cm³/mol. The molecule has 1 aliphatic carbocycles. The number of aryl methyl sites for hydroxylation is 3. The van der Waals surface area contributed by atoms with Crippen LogP contribution in [-0.4, -0.2) is 15.0 Å². The Hall–Kier alpha value is -2.94. The van der Waals surface area contributed by atoms with Gasteiger partial charge in [0, 0.05) is 18.0 Å². The molecule has 0 saturated carbocycles. The summed E-state index contributed by atoms with van der Waals surface area (Å²) in [7, 11) is 1.93. The maximum atomic E-state index is 4.83. The van der Waals surface area contributed by atoms with Gasteiger partial charge in [-0.25, -0.2) is 0 Å². The van der Waals surface area contributed by atoms with Gasteiger partial charge in [-0.3, -0.25) is 0 Å². The summed E-state index contributed by atoms with van der Waals surface area (Å²) in [5, 5.41) is 9.54. The molecule has 1 aliphatic rings. The first kappa shape index (κ1) is 33.4. The average molecular weight is 606 g/mol. The normalized spacial score (nSPS) is 13.4. The zero-order valence-electron chi connectivity index (χ0n) is 29.2. The lowest BCUT2D eigenvalue weighted by Gasteiger charge is -2.33. The van der Waals surface area contributed by atoms with Crippen LogP contribution >= 0.6 is 0 Å². The summed E-state index contributed by atoms with van der Waals surface area (Å²) >= 11 is 0. The van der Waals surface area contributed by atoms with Crippen LogP contribution in [0.4, 0.5) is 0 Å². The zero-order valence-corrected chi connectivity index (χ0v) is 29.2. The van der Waals surface area contributed by atoms with Gasteiger partial charge in [0.25, 0.3) is 0 Å². The van der Waals surface area contributed by atoms with Gasteiger partial charge in [-0.1, -0.05) is 165 Å². The Kier molecular flexibility index (Phi) is 11.9. The molecule has 0 radical (unpaired) electrons. The minimum absolute atomic E-state index is 0.0866. The second kappa shape index (κ2) is 16.1. The van der Waals surface area contributed by atoms with Crippen molar-refractivity contribution in [2.24, 2.45) is 7.05 Å². The highest BCUT2D eigenvalue weighted by Gasteiger charge is 2.42. The molecule has 0 spiro atoms. The van der Waals surface area contributed by atoms with Crippen molar-refractivity contribution in [2.45, 2.75) is 149 Å². The molecule has 4 aromatic rings. The van der Waals surface area contributed by atoms with E-state index in [1.807, 2.05) is 7.05 Å². The number of aromatic nitrogens is 3. The number of rotatable bonds is 19. The predicted octanol–water partition coefficient (Wildman–Crippen LogP) is 12.6. The fourth-order valence-electron chi connectivity index (χ4n) is 8.01. The summed E-state index contributed by atoms with van der Waals surface area (Å²) in [6, 6.07) is 19.1. The molecular weight excluding hydrogens is 546 g/mol. The van der Waals surface area contributed by atoms with Crippen LogP contribution in [0.1, 0.15) is 152 Å². The second-order valence-electron chi connectivity index (χ2n) is 14.2. The first-order chi connectivity index (χ1) is 22.0. The zero-order chi connectivity index (χ0) is 31.6. The Labute approximate surface area is 274 Å². The van der Waals surface area contributed by atoms with Crippen molar-refractivity contribution in [1.29, 1.82) is 0 Å². The molecular formula is C42H59N3. The minimum atomic E-state index is 0.0866. The van der Waals surface area contributed by atoms with E-state index in [9.17, 15) is 0 Å².